The van der Waals surface area contributed by atoms with Crippen LogP contribution >= 0.6 is 11.6 Å². The molecule has 1 aliphatic heterocycles. The van der Waals surface area contributed by atoms with E-state index in [1.165, 1.54) is 5.01 Å². The summed E-state index contributed by atoms with van der Waals surface area (Å²) in [4.78, 5) is 12.3. The zero-order chi connectivity index (χ0) is 17.1. The lowest BCUT2D eigenvalue weighted by Gasteiger charge is -2.08. The van der Waals surface area contributed by atoms with Crippen LogP contribution in [0.25, 0.3) is 17.4 Å². The molecule has 0 fully saturated rings. The summed E-state index contributed by atoms with van der Waals surface area (Å²) in [5.41, 5.74) is 2.00. The number of carbonyl (C=O) groups excluding carboxylic acids is 1. The van der Waals surface area contributed by atoms with E-state index < -0.39 is 0 Å². The van der Waals surface area contributed by atoms with E-state index in [0.717, 1.165) is 5.56 Å². The van der Waals surface area contributed by atoms with E-state index in [0.29, 0.717) is 27.8 Å². The molecule has 0 spiro atoms. The van der Waals surface area contributed by atoms with Crippen molar-refractivity contribution in [3.8, 4) is 17.4 Å². The van der Waals surface area contributed by atoms with E-state index >= 15 is 0 Å². The van der Waals surface area contributed by atoms with Gasteiger partial charge in [-0.3, -0.25) is 4.79 Å². The molecule has 0 bridgehead atoms. The van der Waals surface area contributed by atoms with Crippen molar-refractivity contribution in [1.82, 2.24) is 5.01 Å². The Labute approximate surface area is 144 Å². The first-order valence-electron chi connectivity index (χ1n) is 7.40. The molecule has 5 nitrogen and oxygen atoms in total. The third-order valence-corrected chi connectivity index (χ3v) is 3.85. The second kappa shape index (κ2) is 6.73. The van der Waals surface area contributed by atoms with Crippen molar-refractivity contribution in [1.29, 1.82) is 5.26 Å². The highest BCUT2D eigenvalue weighted by atomic mass is 35.5. The number of rotatable bonds is 4. The van der Waals surface area contributed by atoms with E-state index in [-0.39, 0.29) is 18.9 Å². The van der Waals surface area contributed by atoms with Crippen LogP contribution in [0.2, 0.25) is 5.02 Å². The average molecular weight is 340 g/mol. The molecule has 0 atom stereocenters. The van der Waals surface area contributed by atoms with Gasteiger partial charge in [-0.25, -0.2) is 5.01 Å². The third-order valence-electron chi connectivity index (χ3n) is 3.60. The number of nitriles is 1. The lowest BCUT2D eigenvalue weighted by atomic mass is 10.1. The summed E-state index contributed by atoms with van der Waals surface area (Å²) in [6.45, 7) is 2.05. The average Bonchev–Trinajstić information content (AvgIpc) is 3.14. The number of hydrazone groups is 1. The Bertz CT molecular complexity index is 872. The zero-order valence-corrected chi connectivity index (χ0v) is 13.7. The zero-order valence-electron chi connectivity index (χ0n) is 13.0. The summed E-state index contributed by atoms with van der Waals surface area (Å²) < 4.78 is 5.79. The van der Waals surface area contributed by atoms with Crippen molar-refractivity contribution in [3.63, 3.8) is 0 Å². The SMILES string of the molecule is CC1=NN(CCC#N)C(=O)/C1=C\c1ccc(-c2ccc(Cl)cc2)o1. The molecule has 3 rings (SSSR count). The van der Waals surface area contributed by atoms with Gasteiger partial charge in [0.1, 0.15) is 11.5 Å². The van der Waals surface area contributed by atoms with Crippen LogP contribution in [0, 0.1) is 11.3 Å². The number of furan rings is 1. The summed E-state index contributed by atoms with van der Waals surface area (Å²) in [7, 11) is 0. The van der Waals surface area contributed by atoms with E-state index in [2.05, 4.69) is 5.10 Å². The molecule has 24 heavy (non-hydrogen) atoms. The maximum Gasteiger partial charge on any atom is 0.276 e. The molecule has 1 aromatic carbocycles. The summed E-state index contributed by atoms with van der Waals surface area (Å²) in [6, 6.07) is 13.0. The van der Waals surface area contributed by atoms with Gasteiger partial charge in [0.05, 0.1) is 30.3 Å². The Hall–Kier alpha value is -2.84. The van der Waals surface area contributed by atoms with Gasteiger partial charge in [0, 0.05) is 10.6 Å². The number of hydrogen-bond acceptors (Lipinski definition) is 4. The molecular weight excluding hydrogens is 326 g/mol. The minimum atomic E-state index is -0.216. The maximum atomic E-state index is 12.3. The normalized spacial score (nSPS) is 15.7. The molecule has 0 saturated carbocycles. The Morgan fingerprint density at radius 2 is 2.04 bits per heavy atom. The highest BCUT2D eigenvalue weighted by Crippen LogP contribution is 2.26. The first kappa shape index (κ1) is 16.0. The predicted molar refractivity (Wildman–Crippen MR) is 92.2 cm³/mol. The monoisotopic (exact) mass is 339 g/mol. The lowest BCUT2D eigenvalue weighted by molar-refractivity contribution is -0.125. The molecular formula is C18H14ClN3O2. The van der Waals surface area contributed by atoms with Gasteiger partial charge in [0.2, 0.25) is 0 Å². The van der Waals surface area contributed by atoms with Crippen LogP contribution in [0.15, 0.2) is 51.5 Å². The van der Waals surface area contributed by atoms with Gasteiger partial charge >= 0.3 is 0 Å². The number of halogens is 1. The van der Waals surface area contributed by atoms with Gasteiger partial charge < -0.3 is 4.42 Å². The smallest absolute Gasteiger partial charge is 0.276 e. The first-order valence-corrected chi connectivity index (χ1v) is 7.78. The van der Waals surface area contributed by atoms with E-state index in [1.54, 1.807) is 31.2 Å². The van der Waals surface area contributed by atoms with Crippen molar-refractivity contribution in [3.05, 3.63) is 52.8 Å². The Kier molecular flexibility index (Phi) is 4.50. The fourth-order valence-electron chi connectivity index (χ4n) is 2.39. The van der Waals surface area contributed by atoms with Gasteiger partial charge in [-0.15, -0.1) is 0 Å². The van der Waals surface area contributed by atoms with Crippen LogP contribution < -0.4 is 0 Å². The second-order valence-corrected chi connectivity index (χ2v) is 5.73. The van der Waals surface area contributed by atoms with Gasteiger partial charge in [-0.2, -0.15) is 10.4 Å². The van der Waals surface area contributed by atoms with Crippen LogP contribution in [0.1, 0.15) is 19.1 Å². The predicted octanol–water partition coefficient (Wildman–Crippen LogP) is 4.12. The molecule has 0 aliphatic carbocycles. The maximum absolute atomic E-state index is 12.3. The highest BCUT2D eigenvalue weighted by molar-refractivity contribution is 6.30. The quantitative estimate of drug-likeness (QED) is 0.787. The molecule has 2 aromatic rings. The minimum absolute atomic E-state index is 0.216. The number of amides is 1. The highest BCUT2D eigenvalue weighted by Gasteiger charge is 2.27. The molecule has 120 valence electrons. The topological polar surface area (TPSA) is 69.6 Å². The van der Waals surface area contributed by atoms with Crippen LogP contribution in [-0.2, 0) is 4.79 Å². The van der Waals surface area contributed by atoms with Crippen LogP contribution in [0.4, 0.5) is 0 Å². The molecule has 0 N–H and O–H groups in total. The second-order valence-electron chi connectivity index (χ2n) is 5.29. The summed E-state index contributed by atoms with van der Waals surface area (Å²) in [5.74, 6) is 1.05. The van der Waals surface area contributed by atoms with E-state index in [9.17, 15) is 4.79 Å². The van der Waals surface area contributed by atoms with Crippen LogP contribution in [-0.4, -0.2) is 23.2 Å². The fraction of sp³-hybridized carbons (Fsp3) is 0.167. The Morgan fingerprint density at radius 1 is 1.29 bits per heavy atom. The van der Waals surface area contributed by atoms with Crippen molar-refractivity contribution in [2.24, 2.45) is 5.10 Å². The van der Waals surface area contributed by atoms with Crippen molar-refractivity contribution >= 4 is 29.3 Å². The standard InChI is InChI=1S/C18H14ClN3O2/c1-12-16(18(23)22(21-12)10-2-9-20)11-15-7-8-17(24-15)13-3-5-14(19)6-4-13/h3-8,11H,2,10H2,1H3/b16-11-. The Morgan fingerprint density at radius 3 is 2.75 bits per heavy atom. The largest absolute Gasteiger partial charge is 0.457 e. The molecule has 1 amide bonds. The molecule has 0 saturated heterocycles. The van der Waals surface area contributed by atoms with Crippen LogP contribution in [0.5, 0.6) is 0 Å². The van der Waals surface area contributed by atoms with Gasteiger partial charge in [0.15, 0.2) is 0 Å². The van der Waals surface area contributed by atoms with Crippen molar-refractivity contribution in [2.45, 2.75) is 13.3 Å². The van der Waals surface area contributed by atoms with E-state index in [4.69, 9.17) is 21.3 Å². The van der Waals surface area contributed by atoms with Gasteiger partial charge in [-0.1, -0.05) is 11.6 Å². The molecule has 6 heteroatoms. The summed E-state index contributed by atoms with van der Waals surface area (Å²) >= 11 is 5.88. The van der Waals surface area contributed by atoms with Crippen molar-refractivity contribution in [2.75, 3.05) is 6.54 Å². The first-order chi connectivity index (χ1) is 11.6. The third kappa shape index (κ3) is 3.24. The van der Waals surface area contributed by atoms with Crippen LogP contribution in [0.3, 0.4) is 0 Å². The fourth-order valence-corrected chi connectivity index (χ4v) is 2.52. The molecule has 0 radical (unpaired) electrons. The van der Waals surface area contributed by atoms with Gasteiger partial charge in [0.25, 0.3) is 5.91 Å². The number of hydrogen-bond donors (Lipinski definition) is 0. The number of carbonyl (C=O) groups is 1. The summed E-state index contributed by atoms with van der Waals surface area (Å²) in [6.07, 6.45) is 1.92. The molecule has 1 aliphatic rings. The molecule has 1 aromatic heterocycles. The van der Waals surface area contributed by atoms with E-state index in [1.807, 2.05) is 24.3 Å². The number of nitrogens with zero attached hydrogens (tertiary/aromatic N) is 3. The number of benzene rings is 1. The van der Waals surface area contributed by atoms with Crippen molar-refractivity contribution < 1.29 is 9.21 Å². The Balaban J connectivity index is 1.82. The van der Waals surface area contributed by atoms with Gasteiger partial charge in [-0.05, 0) is 49.4 Å². The minimum Gasteiger partial charge on any atom is -0.457 e. The molecule has 0 unspecified atom stereocenters. The lowest BCUT2D eigenvalue weighted by Crippen LogP contribution is -2.22. The summed E-state index contributed by atoms with van der Waals surface area (Å²) in [5, 5.41) is 14.8. The molecule has 2 heterocycles.